The van der Waals surface area contributed by atoms with Gasteiger partial charge in [0, 0.05) is 5.56 Å². The van der Waals surface area contributed by atoms with Gasteiger partial charge in [0.05, 0.1) is 7.11 Å². The Morgan fingerprint density at radius 1 is 1.40 bits per heavy atom. The van der Waals surface area contributed by atoms with E-state index in [-0.39, 0.29) is 0 Å². The van der Waals surface area contributed by atoms with Crippen molar-refractivity contribution in [2.45, 2.75) is 19.8 Å². The average Bonchev–Trinajstić information content (AvgIpc) is 2.29. The molecule has 0 amide bonds. The third-order valence-electron chi connectivity index (χ3n) is 1.90. The number of unbranched alkanes of at least 4 members (excludes halogenated alkanes) is 1. The minimum atomic E-state index is 0.646. The van der Waals surface area contributed by atoms with Crippen LogP contribution in [0.2, 0.25) is 0 Å². The zero-order chi connectivity index (χ0) is 10.9. The van der Waals surface area contributed by atoms with Crippen molar-refractivity contribution < 1.29 is 9.57 Å². The van der Waals surface area contributed by atoms with Gasteiger partial charge in [0.15, 0.2) is 0 Å². The molecule has 0 atom stereocenters. The van der Waals surface area contributed by atoms with E-state index in [9.17, 15) is 0 Å². The standard InChI is InChI=1S/C12H16NO2/c1-3-4-8-15-13-10-11-6-5-7-12(9-11)14-2/h5-7,9H,3-4,8H2,1-2H3. The number of hydrogen-bond acceptors (Lipinski definition) is 3. The molecule has 0 saturated heterocycles. The highest BCUT2D eigenvalue weighted by Gasteiger charge is 1.92. The fraction of sp³-hybridized carbons (Fsp3) is 0.417. The SMILES string of the molecule is CCCCO/N=[C]\c1cccc(OC)c1. The first-order valence-corrected chi connectivity index (χ1v) is 5.09. The fourth-order valence-corrected chi connectivity index (χ4v) is 1.03. The van der Waals surface area contributed by atoms with E-state index in [0.29, 0.717) is 6.61 Å². The summed E-state index contributed by atoms with van der Waals surface area (Å²) in [4.78, 5) is 5.02. The first-order valence-electron chi connectivity index (χ1n) is 5.09. The summed E-state index contributed by atoms with van der Waals surface area (Å²) in [6.07, 6.45) is 4.92. The Morgan fingerprint density at radius 3 is 3.00 bits per heavy atom. The molecule has 81 valence electrons. The summed E-state index contributed by atoms with van der Waals surface area (Å²) in [6.45, 7) is 2.76. The number of nitrogens with zero attached hydrogens (tertiary/aromatic N) is 1. The number of methoxy groups -OCH3 is 1. The summed E-state index contributed by atoms with van der Waals surface area (Å²) in [6, 6.07) is 7.52. The average molecular weight is 206 g/mol. The van der Waals surface area contributed by atoms with Crippen molar-refractivity contribution in [3.63, 3.8) is 0 Å². The lowest BCUT2D eigenvalue weighted by molar-refractivity contribution is 0.143. The van der Waals surface area contributed by atoms with E-state index in [1.807, 2.05) is 24.3 Å². The largest absolute Gasteiger partial charge is 0.497 e. The minimum Gasteiger partial charge on any atom is -0.497 e. The van der Waals surface area contributed by atoms with Crippen LogP contribution >= 0.6 is 0 Å². The predicted octanol–water partition coefficient (Wildman–Crippen LogP) is 2.72. The van der Waals surface area contributed by atoms with Crippen molar-refractivity contribution in [2.75, 3.05) is 13.7 Å². The second-order valence-electron chi connectivity index (χ2n) is 3.12. The van der Waals surface area contributed by atoms with Crippen molar-refractivity contribution in [2.24, 2.45) is 5.16 Å². The molecule has 0 aliphatic rings. The highest BCUT2D eigenvalue weighted by molar-refractivity contribution is 5.79. The Hall–Kier alpha value is -1.51. The minimum absolute atomic E-state index is 0.646. The predicted molar refractivity (Wildman–Crippen MR) is 60.4 cm³/mol. The fourth-order valence-electron chi connectivity index (χ4n) is 1.03. The van der Waals surface area contributed by atoms with Gasteiger partial charge < -0.3 is 9.57 Å². The molecule has 0 saturated carbocycles. The van der Waals surface area contributed by atoms with Crippen LogP contribution in [-0.4, -0.2) is 19.9 Å². The van der Waals surface area contributed by atoms with Crippen molar-refractivity contribution in [3.8, 4) is 5.75 Å². The van der Waals surface area contributed by atoms with Gasteiger partial charge in [-0.3, -0.25) is 0 Å². The molecule has 0 heterocycles. The lowest BCUT2D eigenvalue weighted by Crippen LogP contribution is -1.89. The highest BCUT2D eigenvalue weighted by atomic mass is 16.6. The molecule has 0 N–H and O–H groups in total. The number of ether oxygens (including phenoxy) is 1. The van der Waals surface area contributed by atoms with Crippen LogP contribution in [0.4, 0.5) is 0 Å². The van der Waals surface area contributed by atoms with Gasteiger partial charge in [0.25, 0.3) is 0 Å². The summed E-state index contributed by atoms with van der Waals surface area (Å²) < 4.78 is 5.08. The van der Waals surface area contributed by atoms with Gasteiger partial charge in [-0.1, -0.05) is 30.6 Å². The summed E-state index contributed by atoms with van der Waals surface area (Å²) in [7, 11) is 1.63. The number of hydrogen-bond donors (Lipinski definition) is 0. The maximum absolute atomic E-state index is 5.08. The zero-order valence-corrected chi connectivity index (χ0v) is 9.19. The van der Waals surface area contributed by atoms with E-state index >= 15 is 0 Å². The smallest absolute Gasteiger partial charge is 0.139 e. The first kappa shape index (κ1) is 11.6. The van der Waals surface area contributed by atoms with Gasteiger partial charge in [-0.15, -0.1) is 0 Å². The van der Waals surface area contributed by atoms with Crippen molar-refractivity contribution in [1.82, 2.24) is 0 Å². The molecule has 3 nitrogen and oxygen atoms in total. The van der Waals surface area contributed by atoms with Gasteiger partial charge in [-0.25, -0.2) is 0 Å². The van der Waals surface area contributed by atoms with Crippen molar-refractivity contribution in [1.29, 1.82) is 0 Å². The Morgan fingerprint density at radius 2 is 2.27 bits per heavy atom. The second-order valence-corrected chi connectivity index (χ2v) is 3.12. The lowest BCUT2D eigenvalue weighted by atomic mass is 10.2. The molecule has 0 fully saturated rings. The zero-order valence-electron chi connectivity index (χ0n) is 9.19. The maximum Gasteiger partial charge on any atom is 0.139 e. The quantitative estimate of drug-likeness (QED) is 0.407. The third kappa shape index (κ3) is 4.49. The van der Waals surface area contributed by atoms with Crippen molar-refractivity contribution >= 4 is 6.21 Å². The molecule has 1 aromatic rings. The molecule has 1 radical (unpaired) electrons. The molecule has 0 aromatic heterocycles. The maximum atomic E-state index is 5.08. The Bertz CT molecular complexity index is 310. The molecule has 0 bridgehead atoms. The van der Waals surface area contributed by atoms with Gasteiger partial charge >= 0.3 is 0 Å². The highest BCUT2D eigenvalue weighted by Crippen LogP contribution is 2.10. The van der Waals surface area contributed by atoms with Gasteiger partial charge in [-0.2, -0.15) is 0 Å². The van der Waals surface area contributed by atoms with Crippen LogP contribution in [0.25, 0.3) is 0 Å². The lowest BCUT2D eigenvalue weighted by Gasteiger charge is -1.99. The number of rotatable bonds is 6. The van der Waals surface area contributed by atoms with Crippen LogP contribution in [-0.2, 0) is 4.84 Å². The molecule has 3 heteroatoms. The van der Waals surface area contributed by atoms with E-state index < -0.39 is 0 Å². The van der Waals surface area contributed by atoms with E-state index in [1.54, 1.807) is 7.11 Å². The first-order chi connectivity index (χ1) is 7.36. The summed E-state index contributed by atoms with van der Waals surface area (Å²) in [5.41, 5.74) is 0.853. The Kier molecular flexibility index (Phi) is 5.30. The summed E-state index contributed by atoms with van der Waals surface area (Å²) in [5.74, 6) is 0.795. The topological polar surface area (TPSA) is 30.8 Å². The molecular weight excluding hydrogens is 190 g/mol. The summed E-state index contributed by atoms with van der Waals surface area (Å²) >= 11 is 0. The van der Waals surface area contributed by atoms with Gasteiger partial charge in [0.1, 0.15) is 18.6 Å². The molecule has 0 aliphatic heterocycles. The van der Waals surface area contributed by atoms with Gasteiger partial charge in [0.2, 0.25) is 0 Å². The van der Waals surface area contributed by atoms with Crippen molar-refractivity contribution in [3.05, 3.63) is 29.8 Å². The van der Waals surface area contributed by atoms with Crippen LogP contribution in [0.15, 0.2) is 29.4 Å². The van der Waals surface area contributed by atoms with E-state index in [2.05, 4.69) is 18.3 Å². The normalized spacial score (nSPS) is 10.5. The molecule has 0 aliphatic carbocycles. The van der Waals surface area contributed by atoms with Crippen LogP contribution < -0.4 is 4.74 Å². The van der Waals surface area contributed by atoms with E-state index in [4.69, 9.17) is 9.57 Å². The molecule has 1 rings (SSSR count). The molecule has 15 heavy (non-hydrogen) atoms. The van der Waals surface area contributed by atoms with Crippen LogP contribution in [0, 0.1) is 0 Å². The van der Waals surface area contributed by atoms with E-state index in [1.165, 1.54) is 0 Å². The van der Waals surface area contributed by atoms with Gasteiger partial charge in [-0.05, 0) is 18.6 Å². The Labute approximate surface area is 90.7 Å². The molecule has 0 spiro atoms. The number of benzene rings is 1. The molecular formula is C12H16NO2. The van der Waals surface area contributed by atoms with Crippen LogP contribution in [0.3, 0.4) is 0 Å². The Balaban J connectivity index is 2.41. The third-order valence-corrected chi connectivity index (χ3v) is 1.90. The van der Waals surface area contributed by atoms with Crippen LogP contribution in [0.1, 0.15) is 25.3 Å². The summed E-state index contributed by atoms with van der Waals surface area (Å²) in [5, 5.41) is 3.75. The molecule has 0 unspecified atom stereocenters. The van der Waals surface area contributed by atoms with E-state index in [0.717, 1.165) is 24.2 Å². The van der Waals surface area contributed by atoms with Crippen LogP contribution in [0.5, 0.6) is 5.75 Å². The second kappa shape index (κ2) is 6.87. The monoisotopic (exact) mass is 206 g/mol. The molecule has 1 aromatic carbocycles.